The van der Waals surface area contributed by atoms with Crippen LogP contribution in [0.4, 0.5) is 0 Å². The summed E-state index contributed by atoms with van der Waals surface area (Å²) >= 11 is 2.07. The molecule has 0 radical (unpaired) electrons. The average Bonchev–Trinajstić information content (AvgIpc) is 1.35. The Hall–Kier alpha value is 0.140. The molecular formula is C4H5IO. The molecule has 34 valence electrons. The van der Waals surface area contributed by atoms with E-state index in [1.807, 2.05) is 6.92 Å². The van der Waals surface area contributed by atoms with Gasteiger partial charge >= 0.3 is 0 Å². The molecule has 0 bridgehead atoms. The van der Waals surface area contributed by atoms with Crippen molar-refractivity contribution >= 4 is 28.9 Å². The fourth-order valence-electron chi connectivity index (χ4n) is 0.0938. The Balaban J connectivity index is 3.41. The fraction of sp³-hybridized carbons (Fsp3) is 0.250. The highest BCUT2D eigenvalue weighted by Crippen LogP contribution is 1.99. The van der Waals surface area contributed by atoms with Gasteiger partial charge < -0.3 is 0 Å². The molecule has 1 nitrogen and oxygen atoms in total. The van der Waals surface area contributed by atoms with Crippen molar-refractivity contribution in [1.29, 1.82) is 0 Å². The standard InChI is InChI=1S/C4H5IO/c1-4(5)2-3-6/h2-3H,1H3/b4-2-. The van der Waals surface area contributed by atoms with E-state index < -0.39 is 0 Å². The van der Waals surface area contributed by atoms with Crippen molar-refractivity contribution in [3.63, 3.8) is 0 Å². The van der Waals surface area contributed by atoms with Crippen LogP contribution in [0, 0.1) is 0 Å². The molecular weight excluding hydrogens is 191 g/mol. The predicted molar refractivity (Wildman–Crippen MR) is 33.8 cm³/mol. The van der Waals surface area contributed by atoms with E-state index in [0.717, 1.165) is 9.87 Å². The second-order valence-corrected chi connectivity index (χ2v) is 2.59. The first-order valence-corrected chi connectivity index (χ1v) is 2.63. The Labute approximate surface area is 50.6 Å². The minimum absolute atomic E-state index is 0.780. The topological polar surface area (TPSA) is 17.1 Å². The van der Waals surface area contributed by atoms with Crippen LogP contribution in [0.3, 0.4) is 0 Å². The fourth-order valence-corrected chi connectivity index (χ4v) is 0.241. The van der Waals surface area contributed by atoms with Crippen LogP contribution in [0.5, 0.6) is 0 Å². The second-order valence-electron chi connectivity index (χ2n) is 0.890. The molecule has 0 saturated carbocycles. The minimum atomic E-state index is 0.780. The van der Waals surface area contributed by atoms with Crippen molar-refractivity contribution in [3.8, 4) is 0 Å². The smallest absolute Gasteiger partial charge is 0.143 e. The number of carbonyl (C=O) groups excluding carboxylic acids is 1. The summed E-state index contributed by atoms with van der Waals surface area (Å²) in [7, 11) is 0. The number of halogens is 1. The van der Waals surface area contributed by atoms with Gasteiger partial charge in [-0.05, 0) is 39.2 Å². The quantitative estimate of drug-likeness (QED) is 0.353. The zero-order chi connectivity index (χ0) is 4.99. The van der Waals surface area contributed by atoms with Crippen LogP contribution in [-0.4, -0.2) is 6.29 Å². The maximum atomic E-state index is 9.53. The highest BCUT2D eigenvalue weighted by molar-refractivity contribution is 14.1. The van der Waals surface area contributed by atoms with E-state index in [1.165, 1.54) is 6.08 Å². The van der Waals surface area contributed by atoms with Crippen LogP contribution in [-0.2, 0) is 4.79 Å². The lowest BCUT2D eigenvalue weighted by atomic mass is 10.6. The number of allylic oxidation sites excluding steroid dienone is 2. The Morgan fingerprint density at radius 3 is 2.33 bits per heavy atom. The SMILES string of the molecule is C/C(I)=C/C=O. The largest absolute Gasteiger partial charge is 0.299 e. The maximum absolute atomic E-state index is 9.53. The molecule has 0 aliphatic heterocycles. The molecule has 0 spiro atoms. The Bertz CT molecular complexity index is 71.6. The predicted octanol–water partition coefficient (Wildman–Crippen LogP) is 1.52. The highest BCUT2D eigenvalue weighted by Gasteiger charge is 1.69. The van der Waals surface area contributed by atoms with Crippen LogP contribution in [0.25, 0.3) is 0 Å². The van der Waals surface area contributed by atoms with Gasteiger partial charge in [0.2, 0.25) is 0 Å². The first kappa shape index (κ1) is 6.14. The zero-order valence-corrected chi connectivity index (χ0v) is 5.60. The van der Waals surface area contributed by atoms with E-state index in [1.54, 1.807) is 0 Å². The van der Waals surface area contributed by atoms with E-state index in [-0.39, 0.29) is 0 Å². The Kier molecular flexibility index (Phi) is 3.41. The van der Waals surface area contributed by atoms with Crippen LogP contribution >= 0.6 is 22.6 Å². The van der Waals surface area contributed by atoms with Crippen LogP contribution in [0.2, 0.25) is 0 Å². The first-order chi connectivity index (χ1) is 2.77. The number of rotatable bonds is 1. The van der Waals surface area contributed by atoms with Gasteiger partial charge in [-0.15, -0.1) is 0 Å². The molecule has 6 heavy (non-hydrogen) atoms. The molecule has 0 heterocycles. The lowest BCUT2D eigenvalue weighted by molar-refractivity contribution is -0.104. The van der Waals surface area contributed by atoms with E-state index in [2.05, 4.69) is 22.6 Å². The number of hydrogen-bond donors (Lipinski definition) is 0. The number of aldehydes is 1. The van der Waals surface area contributed by atoms with Crippen molar-refractivity contribution in [1.82, 2.24) is 0 Å². The van der Waals surface area contributed by atoms with E-state index in [4.69, 9.17) is 0 Å². The molecule has 2 heteroatoms. The molecule has 0 unspecified atom stereocenters. The van der Waals surface area contributed by atoms with Gasteiger partial charge in [-0.3, -0.25) is 4.79 Å². The third-order valence-electron chi connectivity index (χ3n) is 0.298. The Morgan fingerprint density at radius 1 is 1.83 bits per heavy atom. The van der Waals surface area contributed by atoms with Gasteiger partial charge in [-0.25, -0.2) is 0 Å². The normalized spacial score (nSPS) is 11.3. The van der Waals surface area contributed by atoms with Crippen molar-refractivity contribution in [2.75, 3.05) is 0 Å². The van der Waals surface area contributed by atoms with Gasteiger partial charge in [0.25, 0.3) is 0 Å². The van der Waals surface area contributed by atoms with Gasteiger partial charge in [0.15, 0.2) is 0 Å². The molecule has 0 N–H and O–H groups in total. The van der Waals surface area contributed by atoms with Crippen LogP contribution in [0.1, 0.15) is 6.92 Å². The minimum Gasteiger partial charge on any atom is -0.299 e. The molecule has 0 aromatic rings. The van der Waals surface area contributed by atoms with Gasteiger partial charge in [0, 0.05) is 0 Å². The van der Waals surface area contributed by atoms with E-state index in [0.29, 0.717) is 0 Å². The van der Waals surface area contributed by atoms with Crippen molar-refractivity contribution in [3.05, 3.63) is 9.66 Å². The van der Waals surface area contributed by atoms with Crippen molar-refractivity contribution < 1.29 is 4.79 Å². The van der Waals surface area contributed by atoms with Crippen LogP contribution in [0.15, 0.2) is 9.66 Å². The monoisotopic (exact) mass is 196 g/mol. The summed E-state index contributed by atoms with van der Waals surface area (Å²) in [5.74, 6) is 0. The lowest BCUT2D eigenvalue weighted by Crippen LogP contribution is -1.57. The third-order valence-corrected chi connectivity index (χ3v) is 0.657. The van der Waals surface area contributed by atoms with Gasteiger partial charge in [0.1, 0.15) is 6.29 Å². The van der Waals surface area contributed by atoms with Crippen LogP contribution < -0.4 is 0 Å². The van der Waals surface area contributed by atoms with Crippen molar-refractivity contribution in [2.24, 2.45) is 0 Å². The molecule has 0 rings (SSSR count). The van der Waals surface area contributed by atoms with E-state index in [9.17, 15) is 4.79 Å². The molecule has 0 saturated heterocycles. The van der Waals surface area contributed by atoms with Gasteiger partial charge in [0.05, 0.1) is 0 Å². The molecule has 0 aliphatic carbocycles. The molecule has 0 amide bonds. The first-order valence-electron chi connectivity index (χ1n) is 1.55. The highest BCUT2D eigenvalue weighted by atomic mass is 127. The number of carbonyl (C=O) groups is 1. The van der Waals surface area contributed by atoms with Gasteiger partial charge in [-0.1, -0.05) is 0 Å². The molecule has 0 aliphatic rings. The summed E-state index contributed by atoms with van der Waals surface area (Å²) in [6.45, 7) is 1.87. The zero-order valence-electron chi connectivity index (χ0n) is 3.44. The molecule has 0 fully saturated rings. The Morgan fingerprint density at radius 2 is 2.33 bits per heavy atom. The summed E-state index contributed by atoms with van der Waals surface area (Å²) < 4.78 is 1.02. The summed E-state index contributed by atoms with van der Waals surface area (Å²) in [6, 6.07) is 0. The summed E-state index contributed by atoms with van der Waals surface area (Å²) in [5.41, 5.74) is 0. The molecule has 0 aromatic carbocycles. The molecule has 0 atom stereocenters. The summed E-state index contributed by atoms with van der Waals surface area (Å²) in [6.07, 6.45) is 2.29. The lowest BCUT2D eigenvalue weighted by Gasteiger charge is -1.70. The second kappa shape index (κ2) is 3.33. The maximum Gasteiger partial charge on any atom is 0.143 e. The third kappa shape index (κ3) is 4.14. The summed E-state index contributed by atoms with van der Waals surface area (Å²) in [4.78, 5) is 9.53. The van der Waals surface area contributed by atoms with Crippen molar-refractivity contribution in [2.45, 2.75) is 6.92 Å². The van der Waals surface area contributed by atoms with E-state index >= 15 is 0 Å². The molecule has 0 aromatic heterocycles. The van der Waals surface area contributed by atoms with Gasteiger partial charge in [-0.2, -0.15) is 0 Å². The average molecular weight is 196 g/mol. The number of hydrogen-bond acceptors (Lipinski definition) is 1. The summed E-state index contributed by atoms with van der Waals surface area (Å²) in [5, 5.41) is 0.